The lowest BCUT2D eigenvalue weighted by atomic mass is 9.86. The molecule has 0 aromatic heterocycles. The summed E-state index contributed by atoms with van der Waals surface area (Å²) in [6, 6.07) is 2.19. The van der Waals surface area contributed by atoms with Crippen LogP contribution in [0.2, 0.25) is 0 Å². The van der Waals surface area contributed by atoms with Gasteiger partial charge in [-0.15, -0.1) is 0 Å². The number of alkyl halides is 2. The summed E-state index contributed by atoms with van der Waals surface area (Å²) in [6.07, 6.45) is 1.03. The molecule has 118 valence electrons. The third kappa shape index (κ3) is 3.91. The van der Waals surface area contributed by atoms with Gasteiger partial charge >= 0.3 is 0 Å². The standard InChI is InChI=1S/C15H23F2N3O/c1-2-13(11-18)19-7-9-20(10-8-19)14(21)12-3-5-15(16,17)6-4-12/h12-13H,2-10H2,1H3. The lowest BCUT2D eigenvalue weighted by Crippen LogP contribution is -2.53. The van der Waals surface area contributed by atoms with Gasteiger partial charge in [-0.3, -0.25) is 9.69 Å². The van der Waals surface area contributed by atoms with Crippen LogP contribution in [0.1, 0.15) is 39.0 Å². The molecule has 2 aliphatic rings. The van der Waals surface area contributed by atoms with Crippen molar-refractivity contribution >= 4 is 5.91 Å². The summed E-state index contributed by atoms with van der Waals surface area (Å²) >= 11 is 0. The average Bonchev–Trinajstić information content (AvgIpc) is 2.48. The molecule has 0 aromatic rings. The van der Waals surface area contributed by atoms with E-state index in [-0.39, 0.29) is 30.7 Å². The Morgan fingerprint density at radius 3 is 2.33 bits per heavy atom. The predicted octanol–water partition coefficient (Wildman–Crippen LogP) is 2.26. The van der Waals surface area contributed by atoms with Gasteiger partial charge in [0.15, 0.2) is 0 Å². The summed E-state index contributed by atoms with van der Waals surface area (Å²) < 4.78 is 26.3. The first-order chi connectivity index (χ1) is 9.96. The Morgan fingerprint density at radius 1 is 1.29 bits per heavy atom. The molecule has 1 saturated heterocycles. The summed E-state index contributed by atoms with van der Waals surface area (Å²) in [6.45, 7) is 4.57. The Hall–Kier alpha value is -1.22. The predicted molar refractivity (Wildman–Crippen MR) is 74.8 cm³/mol. The molecule has 0 bridgehead atoms. The van der Waals surface area contributed by atoms with E-state index in [0.717, 1.165) is 6.42 Å². The van der Waals surface area contributed by atoms with E-state index in [1.165, 1.54) is 0 Å². The van der Waals surface area contributed by atoms with Gasteiger partial charge in [-0.1, -0.05) is 6.92 Å². The highest BCUT2D eigenvalue weighted by Crippen LogP contribution is 2.36. The number of nitriles is 1. The van der Waals surface area contributed by atoms with Crippen molar-refractivity contribution < 1.29 is 13.6 Å². The second-order valence-electron chi connectivity index (χ2n) is 6.04. The number of piperazine rings is 1. The zero-order valence-electron chi connectivity index (χ0n) is 12.5. The third-order valence-corrected chi connectivity index (χ3v) is 4.67. The van der Waals surface area contributed by atoms with Gasteiger partial charge in [0.2, 0.25) is 11.8 Å². The maximum absolute atomic E-state index is 13.1. The summed E-state index contributed by atoms with van der Waals surface area (Å²) in [4.78, 5) is 16.3. The number of amides is 1. The highest BCUT2D eigenvalue weighted by molar-refractivity contribution is 5.79. The maximum Gasteiger partial charge on any atom is 0.248 e. The molecule has 21 heavy (non-hydrogen) atoms. The van der Waals surface area contributed by atoms with E-state index in [0.29, 0.717) is 39.0 Å². The van der Waals surface area contributed by atoms with Gasteiger partial charge in [0.25, 0.3) is 0 Å². The second-order valence-corrected chi connectivity index (χ2v) is 6.04. The van der Waals surface area contributed by atoms with Gasteiger partial charge in [-0.25, -0.2) is 8.78 Å². The smallest absolute Gasteiger partial charge is 0.248 e. The summed E-state index contributed by atoms with van der Waals surface area (Å²) in [5.74, 6) is -2.80. The van der Waals surface area contributed by atoms with Crippen molar-refractivity contribution in [2.24, 2.45) is 5.92 Å². The van der Waals surface area contributed by atoms with Crippen molar-refractivity contribution in [2.45, 2.75) is 51.0 Å². The van der Waals surface area contributed by atoms with Crippen molar-refractivity contribution in [1.82, 2.24) is 9.80 Å². The number of hydrogen-bond donors (Lipinski definition) is 0. The van der Waals surface area contributed by atoms with Gasteiger partial charge in [-0.05, 0) is 19.3 Å². The minimum atomic E-state index is -2.59. The molecule has 1 saturated carbocycles. The molecule has 1 amide bonds. The van der Waals surface area contributed by atoms with Gasteiger partial charge in [0.05, 0.1) is 12.1 Å². The number of rotatable bonds is 3. The van der Waals surface area contributed by atoms with Gasteiger partial charge in [0.1, 0.15) is 0 Å². The molecule has 1 aliphatic heterocycles. The molecule has 2 fully saturated rings. The number of hydrogen-bond acceptors (Lipinski definition) is 3. The van der Waals surface area contributed by atoms with Crippen LogP contribution in [0.25, 0.3) is 0 Å². The Kier molecular flexibility index (Phi) is 5.15. The SMILES string of the molecule is CCC(C#N)N1CCN(C(=O)C2CCC(F)(F)CC2)CC1. The van der Waals surface area contributed by atoms with Crippen LogP contribution in [0.5, 0.6) is 0 Å². The van der Waals surface area contributed by atoms with E-state index < -0.39 is 5.92 Å². The minimum absolute atomic E-state index is 0.0233. The lowest BCUT2D eigenvalue weighted by molar-refractivity contribution is -0.141. The molecule has 1 unspecified atom stereocenters. The quantitative estimate of drug-likeness (QED) is 0.803. The first-order valence-electron chi connectivity index (χ1n) is 7.77. The van der Waals surface area contributed by atoms with Crippen LogP contribution >= 0.6 is 0 Å². The second kappa shape index (κ2) is 6.69. The molecule has 2 rings (SSSR count). The molecule has 1 atom stereocenters. The normalized spacial score (nSPS) is 25.3. The Labute approximate surface area is 124 Å². The fourth-order valence-corrected chi connectivity index (χ4v) is 3.23. The van der Waals surface area contributed by atoms with Crippen LogP contribution in [0.15, 0.2) is 0 Å². The minimum Gasteiger partial charge on any atom is -0.340 e. The maximum atomic E-state index is 13.1. The Bertz CT molecular complexity index is 404. The molecular weight excluding hydrogens is 276 g/mol. The zero-order chi connectivity index (χ0) is 15.5. The number of halogens is 2. The van der Waals surface area contributed by atoms with Crippen molar-refractivity contribution in [3.63, 3.8) is 0 Å². The highest BCUT2D eigenvalue weighted by Gasteiger charge is 2.39. The van der Waals surface area contributed by atoms with Gasteiger partial charge in [-0.2, -0.15) is 5.26 Å². The summed E-state index contributed by atoms with van der Waals surface area (Å²) in [5.41, 5.74) is 0. The Balaban J connectivity index is 1.82. The molecule has 1 heterocycles. The van der Waals surface area contributed by atoms with E-state index in [1.807, 2.05) is 6.92 Å². The van der Waals surface area contributed by atoms with Crippen LogP contribution in [-0.4, -0.2) is 53.9 Å². The molecule has 0 N–H and O–H groups in total. The van der Waals surface area contributed by atoms with Gasteiger partial charge in [0, 0.05) is 44.9 Å². The van der Waals surface area contributed by atoms with Crippen LogP contribution in [0.3, 0.4) is 0 Å². The lowest BCUT2D eigenvalue weighted by Gasteiger charge is -2.39. The van der Waals surface area contributed by atoms with Crippen LogP contribution < -0.4 is 0 Å². The van der Waals surface area contributed by atoms with Crippen LogP contribution in [0, 0.1) is 17.2 Å². The molecule has 0 spiro atoms. The molecule has 0 radical (unpaired) electrons. The van der Waals surface area contributed by atoms with Crippen LogP contribution in [0.4, 0.5) is 8.78 Å². The first-order valence-corrected chi connectivity index (χ1v) is 7.77. The molecule has 6 heteroatoms. The molecule has 0 aromatic carbocycles. The van der Waals surface area contributed by atoms with Crippen molar-refractivity contribution in [3.05, 3.63) is 0 Å². The number of nitrogens with zero attached hydrogens (tertiary/aromatic N) is 3. The van der Waals surface area contributed by atoms with E-state index in [4.69, 9.17) is 5.26 Å². The van der Waals surface area contributed by atoms with Gasteiger partial charge < -0.3 is 4.90 Å². The molecule has 4 nitrogen and oxygen atoms in total. The van der Waals surface area contributed by atoms with E-state index in [2.05, 4.69) is 11.0 Å². The fraction of sp³-hybridized carbons (Fsp3) is 0.867. The van der Waals surface area contributed by atoms with E-state index in [1.54, 1.807) is 4.90 Å². The Morgan fingerprint density at radius 2 is 1.86 bits per heavy atom. The van der Waals surface area contributed by atoms with Crippen molar-refractivity contribution in [3.8, 4) is 6.07 Å². The zero-order valence-corrected chi connectivity index (χ0v) is 12.5. The molecule has 1 aliphatic carbocycles. The van der Waals surface area contributed by atoms with E-state index >= 15 is 0 Å². The summed E-state index contributed by atoms with van der Waals surface area (Å²) in [7, 11) is 0. The third-order valence-electron chi connectivity index (χ3n) is 4.67. The highest BCUT2D eigenvalue weighted by atomic mass is 19.3. The number of carbonyl (C=O) groups is 1. The van der Waals surface area contributed by atoms with Crippen LogP contribution in [-0.2, 0) is 4.79 Å². The average molecular weight is 299 g/mol. The topological polar surface area (TPSA) is 47.3 Å². The first kappa shape index (κ1) is 16.2. The van der Waals surface area contributed by atoms with Crippen molar-refractivity contribution in [1.29, 1.82) is 5.26 Å². The molecular formula is C15H23F2N3O. The van der Waals surface area contributed by atoms with Crippen molar-refractivity contribution in [2.75, 3.05) is 26.2 Å². The monoisotopic (exact) mass is 299 g/mol. The largest absolute Gasteiger partial charge is 0.340 e. The summed E-state index contributed by atoms with van der Waals surface area (Å²) in [5, 5.41) is 9.06. The van der Waals surface area contributed by atoms with E-state index in [9.17, 15) is 13.6 Å². The number of carbonyl (C=O) groups excluding carboxylic acids is 1. The fourth-order valence-electron chi connectivity index (χ4n) is 3.23.